The molecule has 5 heteroatoms. The Hall–Kier alpha value is -0.910. The number of nitrogens with one attached hydrogen (secondary N) is 1. The number of hydrogen-bond donors (Lipinski definition) is 2. The minimum absolute atomic E-state index is 0.121. The van der Waals surface area contributed by atoms with Crippen molar-refractivity contribution in [2.45, 2.75) is 32.9 Å². The molecule has 0 radical (unpaired) electrons. The molecule has 1 aromatic rings. The lowest BCUT2D eigenvalue weighted by Crippen LogP contribution is -2.39. The number of hydrogen-bond acceptors (Lipinski definition) is 4. The Morgan fingerprint density at radius 1 is 1.40 bits per heavy atom. The Kier molecular flexibility index (Phi) is 7.19. The van der Waals surface area contributed by atoms with Crippen LogP contribution in [0.15, 0.2) is 18.2 Å². The Labute approximate surface area is 124 Å². The number of rotatable bonds is 8. The maximum absolute atomic E-state index is 11.1. The number of benzene rings is 1. The molecule has 0 saturated carbocycles. The molecule has 0 spiro atoms. The van der Waals surface area contributed by atoms with E-state index in [0.29, 0.717) is 12.3 Å². The van der Waals surface area contributed by atoms with Crippen LogP contribution in [0.5, 0.6) is 5.75 Å². The molecular weight excluding hydrogens is 274 g/mol. The number of aliphatic hydroxyl groups is 1. The van der Waals surface area contributed by atoms with Crippen molar-refractivity contribution in [3.8, 4) is 5.75 Å². The Morgan fingerprint density at radius 3 is 2.75 bits per heavy atom. The van der Waals surface area contributed by atoms with Crippen molar-refractivity contribution in [1.82, 2.24) is 5.32 Å². The van der Waals surface area contributed by atoms with E-state index in [0.717, 1.165) is 16.9 Å². The molecule has 0 saturated heterocycles. The molecule has 114 valence electrons. The van der Waals surface area contributed by atoms with Crippen molar-refractivity contribution in [3.63, 3.8) is 0 Å². The third kappa shape index (κ3) is 6.50. The van der Waals surface area contributed by atoms with Crippen molar-refractivity contribution < 1.29 is 14.1 Å². The molecule has 3 atom stereocenters. The molecule has 0 aliphatic carbocycles. The second-order valence-corrected chi connectivity index (χ2v) is 6.76. The zero-order valence-electron chi connectivity index (χ0n) is 12.7. The molecule has 2 N–H and O–H groups in total. The van der Waals surface area contributed by atoms with Crippen molar-refractivity contribution in [2.75, 3.05) is 25.2 Å². The van der Waals surface area contributed by atoms with Gasteiger partial charge in [-0.25, -0.2) is 0 Å². The summed E-state index contributed by atoms with van der Waals surface area (Å²) in [5.41, 5.74) is 2.20. The first-order valence-corrected chi connectivity index (χ1v) is 8.52. The minimum Gasteiger partial charge on any atom is -0.491 e. The van der Waals surface area contributed by atoms with Gasteiger partial charge < -0.3 is 15.2 Å². The molecule has 0 bridgehead atoms. The highest BCUT2D eigenvalue weighted by Crippen LogP contribution is 2.19. The largest absolute Gasteiger partial charge is 0.491 e. The van der Waals surface area contributed by atoms with Gasteiger partial charge in [0, 0.05) is 35.4 Å². The van der Waals surface area contributed by atoms with Crippen LogP contribution in [0.1, 0.15) is 18.1 Å². The lowest BCUT2D eigenvalue weighted by molar-refractivity contribution is 0.104. The minimum atomic E-state index is -0.825. The van der Waals surface area contributed by atoms with E-state index in [2.05, 4.69) is 5.32 Å². The fourth-order valence-corrected chi connectivity index (χ4v) is 2.68. The van der Waals surface area contributed by atoms with E-state index in [4.69, 9.17) is 4.74 Å². The maximum atomic E-state index is 11.1. The van der Waals surface area contributed by atoms with Gasteiger partial charge in [0.15, 0.2) is 0 Å². The van der Waals surface area contributed by atoms with E-state index >= 15 is 0 Å². The first kappa shape index (κ1) is 17.1. The molecule has 0 heterocycles. The smallest absolute Gasteiger partial charge is 0.122 e. The number of aryl methyl sites for hydroxylation is 2. The Bertz CT molecular complexity index is 451. The molecule has 4 nitrogen and oxygen atoms in total. The summed E-state index contributed by atoms with van der Waals surface area (Å²) in [7, 11) is -0.825. The van der Waals surface area contributed by atoms with Gasteiger partial charge in [-0.2, -0.15) is 0 Å². The molecule has 3 unspecified atom stereocenters. The van der Waals surface area contributed by atoms with Crippen LogP contribution in [0.3, 0.4) is 0 Å². The summed E-state index contributed by atoms with van der Waals surface area (Å²) in [6, 6.07) is 6.13. The molecule has 1 aromatic carbocycles. The Morgan fingerprint density at radius 2 is 2.10 bits per heavy atom. The van der Waals surface area contributed by atoms with Crippen LogP contribution in [-0.4, -0.2) is 46.6 Å². The van der Waals surface area contributed by atoms with Crippen molar-refractivity contribution in [3.05, 3.63) is 29.3 Å². The van der Waals surface area contributed by atoms with Gasteiger partial charge in [-0.1, -0.05) is 12.1 Å². The second kappa shape index (κ2) is 8.39. The van der Waals surface area contributed by atoms with E-state index in [-0.39, 0.29) is 12.6 Å². The highest BCUT2D eigenvalue weighted by atomic mass is 32.2. The number of aliphatic hydroxyl groups excluding tert-OH is 1. The van der Waals surface area contributed by atoms with Gasteiger partial charge in [-0.15, -0.1) is 0 Å². The average Bonchev–Trinajstić information content (AvgIpc) is 2.36. The molecule has 0 fully saturated rings. The van der Waals surface area contributed by atoms with Gasteiger partial charge in [0.2, 0.25) is 0 Å². The second-order valence-electron chi connectivity index (χ2n) is 5.28. The summed E-state index contributed by atoms with van der Waals surface area (Å²) >= 11 is 0. The van der Waals surface area contributed by atoms with Crippen molar-refractivity contribution in [1.29, 1.82) is 0 Å². The van der Waals surface area contributed by atoms with E-state index in [1.807, 2.05) is 39.0 Å². The maximum Gasteiger partial charge on any atom is 0.122 e. The Balaban J connectivity index is 2.34. The molecule has 0 aliphatic heterocycles. The van der Waals surface area contributed by atoms with E-state index < -0.39 is 16.9 Å². The van der Waals surface area contributed by atoms with Gasteiger partial charge in [0.25, 0.3) is 0 Å². The van der Waals surface area contributed by atoms with Gasteiger partial charge in [-0.3, -0.25) is 4.21 Å². The quantitative estimate of drug-likeness (QED) is 0.762. The van der Waals surface area contributed by atoms with Gasteiger partial charge in [0.1, 0.15) is 18.5 Å². The number of ether oxygens (including phenoxy) is 1. The van der Waals surface area contributed by atoms with Crippen LogP contribution in [0, 0.1) is 13.8 Å². The van der Waals surface area contributed by atoms with Crippen LogP contribution in [0.25, 0.3) is 0 Å². The summed E-state index contributed by atoms with van der Waals surface area (Å²) < 4.78 is 16.7. The molecular formula is C15H25NO3S. The van der Waals surface area contributed by atoms with E-state index in [1.54, 1.807) is 6.26 Å². The molecule has 1 rings (SSSR count). The van der Waals surface area contributed by atoms with Crippen molar-refractivity contribution in [2.24, 2.45) is 0 Å². The SMILES string of the molecule is Cc1ccc(C)c(OCC(O)CNC(C)CS(C)=O)c1. The highest BCUT2D eigenvalue weighted by Gasteiger charge is 2.10. The predicted molar refractivity (Wildman–Crippen MR) is 83.8 cm³/mol. The lowest BCUT2D eigenvalue weighted by atomic mass is 10.1. The normalized spacial score (nSPS) is 15.7. The van der Waals surface area contributed by atoms with Crippen LogP contribution in [0.2, 0.25) is 0 Å². The summed E-state index contributed by atoms with van der Waals surface area (Å²) in [6.07, 6.45) is 1.10. The van der Waals surface area contributed by atoms with Crippen LogP contribution in [-0.2, 0) is 10.8 Å². The third-order valence-electron chi connectivity index (χ3n) is 2.96. The van der Waals surface area contributed by atoms with Crippen LogP contribution >= 0.6 is 0 Å². The summed E-state index contributed by atoms with van der Waals surface area (Å²) in [4.78, 5) is 0. The average molecular weight is 299 g/mol. The zero-order valence-corrected chi connectivity index (χ0v) is 13.5. The first-order chi connectivity index (χ1) is 9.38. The summed E-state index contributed by atoms with van der Waals surface area (Å²) in [5.74, 6) is 1.40. The van der Waals surface area contributed by atoms with Crippen LogP contribution < -0.4 is 10.1 Å². The van der Waals surface area contributed by atoms with Crippen LogP contribution in [0.4, 0.5) is 0 Å². The summed E-state index contributed by atoms with van der Waals surface area (Å²) in [5, 5.41) is 13.0. The molecule has 0 aliphatic rings. The lowest BCUT2D eigenvalue weighted by Gasteiger charge is -2.17. The summed E-state index contributed by atoms with van der Waals surface area (Å²) in [6.45, 7) is 6.64. The third-order valence-corrected chi connectivity index (χ3v) is 3.93. The topological polar surface area (TPSA) is 58.6 Å². The monoisotopic (exact) mass is 299 g/mol. The first-order valence-electron chi connectivity index (χ1n) is 6.80. The highest BCUT2D eigenvalue weighted by molar-refractivity contribution is 7.84. The van der Waals surface area contributed by atoms with Gasteiger partial charge in [-0.05, 0) is 38.0 Å². The van der Waals surface area contributed by atoms with Gasteiger partial charge >= 0.3 is 0 Å². The molecule has 0 amide bonds. The fraction of sp³-hybridized carbons (Fsp3) is 0.600. The fourth-order valence-electron chi connectivity index (χ4n) is 1.86. The van der Waals surface area contributed by atoms with Crippen molar-refractivity contribution >= 4 is 10.8 Å². The molecule has 0 aromatic heterocycles. The molecule has 20 heavy (non-hydrogen) atoms. The predicted octanol–water partition coefficient (Wildman–Crippen LogP) is 1.40. The van der Waals surface area contributed by atoms with E-state index in [1.165, 1.54) is 0 Å². The zero-order chi connectivity index (χ0) is 15.1. The standard InChI is InChI=1S/C15H25NO3S/c1-11-5-6-12(2)15(7-11)19-9-14(17)8-16-13(3)10-20(4)18/h5-7,13-14,16-17H,8-10H2,1-4H3. The van der Waals surface area contributed by atoms with Gasteiger partial charge in [0.05, 0.1) is 0 Å². The van der Waals surface area contributed by atoms with E-state index in [9.17, 15) is 9.32 Å².